The van der Waals surface area contributed by atoms with Crippen molar-refractivity contribution in [2.24, 2.45) is 0 Å². The van der Waals surface area contributed by atoms with Gasteiger partial charge in [-0.25, -0.2) is 4.79 Å². The summed E-state index contributed by atoms with van der Waals surface area (Å²) < 4.78 is 0. The molecule has 0 amide bonds. The monoisotopic (exact) mass is 202 g/mol. The second kappa shape index (κ2) is 3.57. The average Bonchev–Trinajstić information content (AvgIpc) is 2.66. The van der Waals surface area contributed by atoms with E-state index in [0.29, 0.717) is 5.69 Å². The van der Waals surface area contributed by atoms with Gasteiger partial charge < -0.3 is 5.11 Å². The summed E-state index contributed by atoms with van der Waals surface area (Å²) in [6.07, 6.45) is 0. The summed E-state index contributed by atoms with van der Waals surface area (Å²) >= 11 is 0. The lowest BCUT2D eigenvalue weighted by Gasteiger charge is -1.96. The van der Waals surface area contributed by atoms with E-state index in [9.17, 15) is 4.79 Å². The molecule has 1 heterocycles. The normalized spacial score (nSPS) is 10.2. The number of aryl methyl sites for hydroxylation is 1. The van der Waals surface area contributed by atoms with Crippen molar-refractivity contribution in [3.8, 4) is 11.3 Å². The minimum Gasteiger partial charge on any atom is -0.477 e. The lowest BCUT2D eigenvalue weighted by atomic mass is 10.1. The van der Waals surface area contributed by atoms with Crippen molar-refractivity contribution in [1.82, 2.24) is 10.2 Å². The highest BCUT2D eigenvalue weighted by molar-refractivity contribution is 5.86. The van der Waals surface area contributed by atoms with E-state index in [0.717, 1.165) is 11.1 Å². The van der Waals surface area contributed by atoms with Crippen LogP contribution < -0.4 is 0 Å². The molecule has 0 saturated carbocycles. The number of aromatic nitrogens is 2. The van der Waals surface area contributed by atoms with Crippen molar-refractivity contribution in [1.29, 1.82) is 0 Å². The van der Waals surface area contributed by atoms with Gasteiger partial charge in [0.25, 0.3) is 0 Å². The second-order valence-electron chi connectivity index (χ2n) is 3.34. The van der Waals surface area contributed by atoms with Gasteiger partial charge in [0.05, 0.1) is 5.69 Å². The van der Waals surface area contributed by atoms with Crippen molar-refractivity contribution in [2.75, 3.05) is 0 Å². The van der Waals surface area contributed by atoms with Crippen LogP contribution in [-0.2, 0) is 0 Å². The number of benzene rings is 1. The summed E-state index contributed by atoms with van der Waals surface area (Å²) in [6, 6.07) is 9.28. The lowest BCUT2D eigenvalue weighted by Crippen LogP contribution is -1.95. The first-order valence-electron chi connectivity index (χ1n) is 4.52. The Morgan fingerprint density at radius 1 is 1.40 bits per heavy atom. The Hall–Kier alpha value is -2.10. The molecule has 0 aliphatic rings. The maximum absolute atomic E-state index is 10.6. The van der Waals surface area contributed by atoms with E-state index in [1.54, 1.807) is 0 Å². The molecule has 4 nitrogen and oxygen atoms in total. The molecule has 0 radical (unpaired) electrons. The third-order valence-electron chi connectivity index (χ3n) is 2.12. The zero-order valence-electron chi connectivity index (χ0n) is 8.19. The molecule has 4 heteroatoms. The number of hydrogen-bond acceptors (Lipinski definition) is 2. The van der Waals surface area contributed by atoms with Gasteiger partial charge in [-0.05, 0) is 19.1 Å². The number of carbonyl (C=O) groups is 1. The van der Waals surface area contributed by atoms with Crippen LogP contribution >= 0.6 is 0 Å². The van der Waals surface area contributed by atoms with Crippen LogP contribution in [-0.4, -0.2) is 21.3 Å². The highest BCUT2D eigenvalue weighted by Crippen LogP contribution is 2.18. The summed E-state index contributed by atoms with van der Waals surface area (Å²) in [5, 5.41) is 15.1. The Morgan fingerprint density at radius 3 is 2.80 bits per heavy atom. The molecule has 15 heavy (non-hydrogen) atoms. The van der Waals surface area contributed by atoms with Crippen molar-refractivity contribution in [3.63, 3.8) is 0 Å². The number of aromatic carboxylic acids is 1. The van der Waals surface area contributed by atoms with E-state index in [1.165, 1.54) is 6.07 Å². The number of hydrogen-bond donors (Lipinski definition) is 2. The molecule has 0 atom stereocenters. The zero-order valence-corrected chi connectivity index (χ0v) is 8.19. The first kappa shape index (κ1) is 9.45. The van der Waals surface area contributed by atoms with Crippen LogP contribution in [0.3, 0.4) is 0 Å². The molecule has 0 aliphatic heterocycles. The highest BCUT2D eigenvalue weighted by atomic mass is 16.4. The van der Waals surface area contributed by atoms with Gasteiger partial charge >= 0.3 is 5.97 Å². The topological polar surface area (TPSA) is 66.0 Å². The third kappa shape index (κ3) is 1.88. The number of carboxylic acid groups (broad SMARTS) is 1. The van der Waals surface area contributed by atoms with E-state index < -0.39 is 5.97 Å². The molecule has 0 aliphatic carbocycles. The molecule has 76 valence electrons. The Bertz CT molecular complexity index is 503. The van der Waals surface area contributed by atoms with Crippen LogP contribution in [0.2, 0.25) is 0 Å². The Labute approximate surface area is 86.6 Å². The van der Waals surface area contributed by atoms with Gasteiger partial charge in [0.1, 0.15) is 5.69 Å². The molecule has 0 fully saturated rings. The van der Waals surface area contributed by atoms with Crippen molar-refractivity contribution in [3.05, 3.63) is 41.6 Å². The first-order chi connectivity index (χ1) is 7.16. The van der Waals surface area contributed by atoms with Crippen LogP contribution in [0.1, 0.15) is 16.1 Å². The standard InChI is InChI=1S/C11H10N2O2/c1-7-3-2-4-8(5-7)9-6-10(11(14)15)13-12-9/h2-6H,1H3,(H,12,13)(H,14,15). The van der Waals surface area contributed by atoms with Crippen LogP contribution in [0.5, 0.6) is 0 Å². The SMILES string of the molecule is Cc1cccc(-c2cc(C(=O)O)[nH]n2)c1. The summed E-state index contributed by atoms with van der Waals surface area (Å²) in [5.74, 6) is -0.999. The average molecular weight is 202 g/mol. The van der Waals surface area contributed by atoms with Gasteiger partial charge in [-0.3, -0.25) is 5.10 Å². The van der Waals surface area contributed by atoms with Crippen LogP contribution in [0.15, 0.2) is 30.3 Å². The molecule has 0 saturated heterocycles. The molecule has 2 N–H and O–H groups in total. The quantitative estimate of drug-likeness (QED) is 0.783. The zero-order chi connectivity index (χ0) is 10.8. The van der Waals surface area contributed by atoms with E-state index >= 15 is 0 Å². The summed E-state index contributed by atoms with van der Waals surface area (Å²) in [4.78, 5) is 10.6. The molecule has 2 rings (SSSR count). The maximum atomic E-state index is 10.6. The molecule has 2 aromatic rings. The maximum Gasteiger partial charge on any atom is 0.353 e. The lowest BCUT2D eigenvalue weighted by molar-refractivity contribution is 0.0690. The van der Waals surface area contributed by atoms with Crippen LogP contribution in [0, 0.1) is 6.92 Å². The Kier molecular flexibility index (Phi) is 2.25. The highest BCUT2D eigenvalue weighted by Gasteiger charge is 2.08. The third-order valence-corrected chi connectivity index (χ3v) is 2.12. The Morgan fingerprint density at radius 2 is 2.20 bits per heavy atom. The van der Waals surface area contributed by atoms with Gasteiger partial charge in [0.15, 0.2) is 0 Å². The predicted molar refractivity (Wildman–Crippen MR) is 55.7 cm³/mol. The Balaban J connectivity index is 2.41. The fourth-order valence-electron chi connectivity index (χ4n) is 1.38. The van der Waals surface area contributed by atoms with E-state index in [2.05, 4.69) is 10.2 Å². The number of nitrogens with zero attached hydrogens (tertiary/aromatic N) is 1. The van der Waals surface area contributed by atoms with Gasteiger partial charge in [0, 0.05) is 5.56 Å². The van der Waals surface area contributed by atoms with E-state index in [-0.39, 0.29) is 5.69 Å². The van der Waals surface area contributed by atoms with E-state index in [4.69, 9.17) is 5.11 Å². The van der Waals surface area contributed by atoms with Gasteiger partial charge in [-0.1, -0.05) is 23.8 Å². The molecule has 0 unspecified atom stereocenters. The largest absolute Gasteiger partial charge is 0.477 e. The fraction of sp³-hybridized carbons (Fsp3) is 0.0909. The molecule has 1 aromatic heterocycles. The smallest absolute Gasteiger partial charge is 0.353 e. The fourth-order valence-corrected chi connectivity index (χ4v) is 1.38. The summed E-state index contributed by atoms with van der Waals surface area (Å²) in [7, 11) is 0. The predicted octanol–water partition coefficient (Wildman–Crippen LogP) is 2.08. The van der Waals surface area contributed by atoms with Gasteiger partial charge in [-0.15, -0.1) is 0 Å². The number of aromatic amines is 1. The second-order valence-corrected chi connectivity index (χ2v) is 3.34. The van der Waals surface area contributed by atoms with E-state index in [1.807, 2.05) is 31.2 Å². The first-order valence-corrected chi connectivity index (χ1v) is 4.52. The summed E-state index contributed by atoms with van der Waals surface area (Å²) in [5.41, 5.74) is 2.79. The number of carboxylic acids is 1. The number of rotatable bonds is 2. The van der Waals surface area contributed by atoms with Gasteiger partial charge in [-0.2, -0.15) is 5.10 Å². The number of nitrogens with one attached hydrogen (secondary N) is 1. The molecule has 0 spiro atoms. The van der Waals surface area contributed by atoms with Crippen molar-refractivity contribution in [2.45, 2.75) is 6.92 Å². The minimum atomic E-state index is -0.999. The van der Waals surface area contributed by atoms with Crippen molar-refractivity contribution >= 4 is 5.97 Å². The number of H-pyrrole nitrogens is 1. The molecule has 0 bridgehead atoms. The van der Waals surface area contributed by atoms with Gasteiger partial charge in [0.2, 0.25) is 0 Å². The molecule has 1 aromatic carbocycles. The molecular weight excluding hydrogens is 192 g/mol. The van der Waals surface area contributed by atoms with Crippen molar-refractivity contribution < 1.29 is 9.90 Å². The molecular formula is C11H10N2O2. The van der Waals surface area contributed by atoms with Crippen LogP contribution in [0.25, 0.3) is 11.3 Å². The minimum absolute atomic E-state index is 0.103. The van der Waals surface area contributed by atoms with Crippen LogP contribution in [0.4, 0.5) is 0 Å². The summed E-state index contributed by atoms with van der Waals surface area (Å²) in [6.45, 7) is 1.98.